The summed E-state index contributed by atoms with van der Waals surface area (Å²) in [4.78, 5) is 0. The summed E-state index contributed by atoms with van der Waals surface area (Å²) in [6, 6.07) is 8.99. The van der Waals surface area contributed by atoms with Gasteiger partial charge in [0.25, 0.3) is 0 Å². The minimum atomic E-state index is 0.266. The van der Waals surface area contributed by atoms with Gasteiger partial charge in [0.2, 0.25) is 0 Å². The number of hydrogen-bond donors (Lipinski definition) is 1. The highest BCUT2D eigenvalue weighted by molar-refractivity contribution is 5.84. The predicted octanol–water partition coefficient (Wildman–Crippen LogP) is 4.36. The molecule has 110 valence electrons. The third-order valence-corrected chi connectivity index (χ3v) is 4.17. The zero-order chi connectivity index (χ0) is 14.5. The van der Waals surface area contributed by atoms with Gasteiger partial charge in [-0.1, -0.05) is 45.4 Å². The molecule has 1 aromatic carbocycles. The zero-order valence-electron chi connectivity index (χ0n) is 13.1. The molecule has 0 aliphatic carbocycles. The Labute approximate surface area is 123 Å². The van der Waals surface area contributed by atoms with Crippen LogP contribution in [-0.2, 0) is 13.0 Å². The Morgan fingerprint density at radius 3 is 2.65 bits per heavy atom. The van der Waals surface area contributed by atoms with Gasteiger partial charge in [-0.05, 0) is 36.8 Å². The monoisotopic (exact) mass is 272 g/mol. The molecule has 0 saturated carbocycles. The third-order valence-electron chi connectivity index (χ3n) is 4.17. The summed E-state index contributed by atoms with van der Waals surface area (Å²) >= 11 is 0. The van der Waals surface area contributed by atoms with E-state index < -0.39 is 0 Å². The summed E-state index contributed by atoms with van der Waals surface area (Å²) < 4.78 is 2.42. The van der Waals surface area contributed by atoms with Gasteiger partial charge in [0, 0.05) is 29.7 Å². The van der Waals surface area contributed by atoms with Crippen molar-refractivity contribution < 1.29 is 0 Å². The number of hydrogen-bond acceptors (Lipinski definition) is 1. The van der Waals surface area contributed by atoms with Crippen molar-refractivity contribution in [3.05, 3.63) is 36.0 Å². The molecule has 0 aliphatic rings. The van der Waals surface area contributed by atoms with E-state index in [0.29, 0.717) is 0 Å². The largest absolute Gasteiger partial charge is 0.347 e. The highest BCUT2D eigenvalue weighted by Gasteiger charge is 2.12. The number of para-hydroxylation sites is 1. The Bertz CT molecular complexity index is 541. The summed E-state index contributed by atoms with van der Waals surface area (Å²) in [7, 11) is 0. The van der Waals surface area contributed by atoms with Gasteiger partial charge < -0.3 is 10.3 Å². The third kappa shape index (κ3) is 3.43. The first-order chi connectivity index (χ1) is 9.65. The second kappa shape index (κ2) is 6.94. The number of nitrogens with zero attached hydrogens (tertiary/aromatic N) is 1. The quantitative estimate of drug-likeness (QED) is 0.798. The van der Waals surface area contributed by atoms with Crippen molar-refractivity contribution in [1.29, 1.82) is 0 Å². The van der Waals surface area contributed by atoms with Crippen molar-refractivity contribution in [2.45, 2.75) is 59.0 Å². The van der Waals surface area contributed by atoms with Crippen LogP contribution in [0.4, 0.5) is 0 Å². The standard InChI is InChI=1S/C18H28N2/c1-4-8-14(3)12-20-13-15(11-16(19)5-2)17-9-6-7-10-18(17)20/h6-7,9-10,13-14,16H,4-5,8,11-12,19H2,1-3H3. The molecule has 0 saturated heterocycles. The highest BCUT2D eigenvalue weighted by atomic mass is 15.0. The van der Waals surface area contributed by atoms with E-state index in [2.05, 4.69) is 55.8 Å². The van der Waals surface area contributed by atoms with Crippen molar-refractivity contribution >= 4 is 10.9 Å². The van der Waals surface area contributed by atoms with Crippen LogP contribution in [0.1, 0.15) is 45.6 Å². The van der Waals surface area contributed by atoms with Gasteiger partial charge in [-0.15, -0.1) is 0 Å². The molecule has 2 N–H and O–H groups in total. The van der Waals surface area contributed by atoms with E-state index in [4.69, 9.17) is 5.73 Å². The van der Waals surface area contributed by atoms with Gasteiger partial charge in [-0.3, -0.25) is 0 Å². The average molecular weight is 272 g/mol. The van der Waals surface area contributed by atoms with E-state index in [1.165, 1.54) is 29.3 Å². The molecule has 0 aliphatic heterocycles. The first-order valence-electron chi connectivity index (χ1n) is 7.98. The van der Waals surface area contributed by atoms with Crippen molar-refractivity contribution in [2.75, 3.05) is 0 Å². The van der Waals surface area contributed by atoms with E-state index in [-0.39, 0.29) is 6.04 Å². The minimum Gasteiger partial charge on any atom is -0.347 e. The van der Waals surface area contributed by atoms with Crippen LogP contribution < -0.4 is 5.73 Å². The highest BCUT2D eigenvalue weighted by Crippen LogP contribution is 2.24. The summed E-state index contributed by atoms with van der Waals surface area (Å²) in [6.07, 6.45) is 6.88. The molecule has 0 fully saturated rings. The molecule has 2 aromatic rings. The normalized spacial score (nSPS) is 14.6. The number of rotatable bonds is 7. The maximum Gasteiger partial charge on any atom is 0.0483 e. The van der Waals surface area contributed by atoms with Crippen LogP contribution in [0.15, 0.2) is 30.5 Å². The first kappa shape index (κ1) is 15.1. The smallest absolute Gasteiger partial charge is 0.0483 e. The van der Waals surface area contributed by atoms with Crippen LogP contribution in [0.3, 0.4) is 0 Å². The number of nitrogens with two attached hydrogens (primary N) is 1. The van der Waals surface area contributed by atoms with E-state index in [9.17, 15) is 0 Å². The Hall–Kier alpha value is -1.28. The number of aromatic nitrogens is 1. The van der Waals surface area contributed by atoms with Gasteiger partial charge in [0.1, 0.15) is 0 Å². The van der Waals surface area contributed by atoms with Gasteiger partial charge in [-0.2, -0.15) is 0 Å². The lowest BCUT2D eigenvalue weighted by atomic mass is 10.0. The van der Waals surface area contributed by atoms with E-state index in [0.717, 1.165) is 25.3 Å². The van der Waals surface area contributed by atoms with Crippen LogP contribution in [0.25, 0.3) is 10.9 Å². The van der Waals surface area contributed by atoms with Crippen LogP contribution in [-0.4, -0.2) is 10.6 Å². The average Bonchev–Trinajstić information content (AvgIpc) is 2.77. The van der Waals surface area contributed by atoms with Crippen LogP contribution >= 0.6 is 0 Å². The second-order valence-electron chi connectivity index (χ2n) is 6.09. The maximum atomic E-state index is 6.14. The summed E-state index contributed by atoms with van der Waals surface area (Å²) in [6.45, 7) is 7.87. The lowest BCUT2D eigenvalue weighted by Crippen LogP contribution is -2.21. The van der Waals surface area contributed by atoms with Gasteiger partial charge in [0.15, 0.2) is 0 Å². The summed E-state index contributed by atoms with van der Waals surface area (Å²) in [5.41, 5.74) is 8.90. The van der Waals surface area contributed by atoms with Gasteiger partial charge in [0.05, 0.1) is 0 Å². The van der Waals surface area contributed by atoms with Crippen molar-refractivity contribution in [3.8, 4) is 0 Å². The maximum absolute atomic E-state index is 6.14. The topological polar surface area (TPSA) is 30.9 Å². The Morgan fingerprint density at radius 2 is 1.95 bits per heavy atom. The molecule has 0 bridgehead atoms. The molecule has 1 heterocycles. The first-order valence-corrected chi connectivity index (χ1v) is 7.98. The van der Waals surface area contributed by atoms with Gasteiger partial charge in [-0.25, -0.2) is 0 Å². The predicted molar refractivity (Wildman–Crippen MR) is 88.0 cm³/mol. The molecule has 0 amide bonds. The van der Waals surface area contributed by atoms with E-state index >= 15 is 0 Å². The van der Waals surface area contributed by atoms with Crippen LogP contribution in [0, 0.1) is 5.92 Å². The molecule has 20 heavy (non-hydrogen) atoms. The van der Waals surface area contributed by atoms with Crippen LogP contribution in [0.2, 0.25) is 0 Å². The summed E-state index contributed by atoms with van der Waals surface area (Å²) in [5, 5.41) is 1.38. The Morgan fingerprint density at radius 1 is 1.20 bits per heavy atom. The molecule has 1 aromatic heterocycles. The molecule has 2 heteroatoms. The van der Waals surface area contributed by atoms with E-state index in [1.807, 2.05) is 0 Å². The molecule has 0 spiro atoms. The number of benzene rings is 1. The van der Waals surface area contributed by atoms with Gasteiger partial charge >= 0.3 is 0 Å². The lowest BCUT2D eigenvalue weighted by Gasteiger charge is -2.12. The SMILES string of the molecule is CCCC(C)Cn1cc(CC(N)CC)c2ccccc21. The Kier molecular flexibility index (Phi) is 5.24. The van der Waals surface area contributed by atoms with Crippen molar-refractivity contribution in [2.24, 2.45) is 11.7 Å². The summed E-state index contributed by atoms with van der Waals surface area (Å²) in [5.74, 6) is 0.725. The fraction of sp³-hybridized carbons (Fsp3) is 0.556. The van der Waals surface area contributed by atoms with Crippen LogP contribution in [0.5, 0.6) is 0 Å². The van der Waals surface area contributed by atoms with E-state index in [1.54, 1.807) is 0 Å². The molecular formula is C18H28N2. The molecule has 0 radical (unpaired) electrons. The molecule has 2 unspecified atom stereocenters. The molecule has 2 atom stereocenters. The lowest BCUT2D eigenvalue weighted by molar-refractivity contribution is 0.452. The molecule has 2 nitrogen and oxygen atoms in total. The van der Waals surface area contributed by atoms with Crippen molar-refractivity contribution in [3.63, 3.8) is 0 Å². The Balaban J connectivity index is 2.30. The zero-order valence-corrected chi connectivity index (χ0v) is 13.1. The molecular weight excluding hydrogens is 244 g/mol. The van der Waals surface area contributed by atoms with Crippen molar-refractivity contribution in [1.82, 2.24) is 4.57 Å². The fourth-order valence-corrected chi connectivity index (χ4v) is 2.98. The second-order valence-corrected chi connectivity index (χ2v) is 6.09. The minimum absolute atomic E-state index is 0.266. The molecule has 2 rings (SSSR count). The fourth-order valence-electron chi connectivity index (χ4n) is 2.98. The number of fused-ring (bicyclic) bond motifs is 1.